The van der Waals surface area contributed by atoms with Crippen molar-refractivity contribution >= 4 is 31.4 Å². The quantitative estimate of drug-likeness (QED) is 0.738. The summed E-state index contributed by atoms with van der Waals surface area (Å²) in [4.78, 5) is 2.41. The minimum Gasteiger partial charge on any atom is -0.465 e. The first-order valence-electron chi connectivity index (χ1n) is 6.11. The van der Waals surface area contributed by atoms with Gasteiger partial charge in [0, 0.05) is 18.7 Å². The number of hydrogen-bond acceptors (Lipinski definition) is 5. The Labute approximate surface area is 121 Å². The third-order valence-corrected chi connectivity index (χ3v) is 6.66. The molecule has 18 heavy (non-hydrogen) atoms. The number of nitrogens with zero attached hydrogens (tertiary/aromatic N) is 1. The Balaban J connectivity index is 2.14. The summed E-state index contributed by atoms with van der Waals surface area (Å²) < 4.78 is 6.11. The number of hydrogen-bond donors (Lipinski definition) is 0. The molecule has 0 spiro atoms. The van der Waals surface area contributed by atoms with Crippen LogP contribution in [0.25, 0.3) is 0 Å². The van der Waals surface area contributed by atoms with Gasteiger partial charge >= 0.3 is 0 Å². The van der Waals surface area contributed by atoms with Crippen molar-refractivity contribution in [2.45, 2.75) is 32.4 Å². The molecule has 0 saturated carbocycles. The lowest BCUT2D eigenvalue weighted by atomic mass is 10.1. The first kappa shape index (κ1) is 14.4. The normalized spacial score (nSPS) is 19.4. The van der Waals surface area contributed by atoms with Crippen LogP contribution >= 0.6 is 31.4 Å². The average Bonchev–Trinajstić information content (AvgIpc) is 2.36. The maximum atomic E-state index is 6.11. The average molecular weight is 302 g/mol. The highest BCUT2D eigenvalue weighted by Gasteiger charge is 2.27. The zero-order valence-corrected chi connectivity index (χ0v) is 13.5. The van der Waals surface area contributed by atoms with Gasteiger partial charge in [-0.15, -0.1) is 0 Å². The first-order chi connectivity index (χ1) is 8.74. The molecule has 0 radical (unpaired) electrons. The summed E-state index contributed by atoms with van der Waals surface area (Å²) in [6.45, 7) is 6.43. The van der Waals surface area contributed by atoms with Crippen molar-refractivity contribution in [2.24, 2.45) is 0 Å². The minimum absolute atomic E-state index is 0.137. The molecule has 0 fully saturated rings. The van der Waals surface area contributed by atoms with E-state index in [1.165, 1.54) is 11.1 Å². The fraction of sp³-hybridized carbons (Fsp3) is 0.538. The molecule has 0 amide bonds. The van der Waals surface area contributed by atoms with E-state index in [9.17, 15) is 0 Å². The molecule has 1 aliphatic heterocycles. The topological polar surface area (TPSA) is 12.5 Å². The van der Waals surface area contributed by atoms with Crippen molar-refractivity contribution in [1.29, 1.82) is 0 Å². The van der Waals surface area contributed by atoms with E-state index in [4.69, 9.17) is 4.74 Å². The Hall–Kier alpha value is 0.0300. The van der Waals surface area contributed by atoms with Crippen molar-refractivity contribution in [1.82, 2.24) is 4.90 Å². The zero-order chi connectivity index (χ0) is 13.0. The molecular formula is C13H19NOS3. The van der Waals surface area contributed by atoms with Crippen molar-refractivity contribution in [3.05, 3.63) is 29.3 Å². The Bertz CT molecular complexity index is 400. The van der Waals surface area contributed by atoms with E-state index < -0.39 is 0 Å². The van der Waals surface area contributed by atoms with E-state index in [0.717, 1.165) is 25.3 Å². The predicted molar refractivity (Wildman–Crippen MR) is 85.0 cm³/mol. The van der Waals surface area contributed by atoms with Crippen LogP contribution < -0.4 is 4.74 Å². The van der Waals surface area contributed by atoms with Crippen molar-refractivity contribution in [2.75, 3.05) is 12.8 Å². The Morgan fingerprint density at radius 3 is 3.00 bits per heavy atom. The van der Waals surface area contributed by atoms with E-state index in [1.807, 2.05) is 0 Å². The van der Waals surface area contributed by atoms with Crippen LogP contribution in [0.5, 0.6) is 5.75 Å². The summed E-state index contributed by atoms with van der Waals surface area (Å²) in [7, 11) is 5.36. The number of aryl methyl sites for hydroxylation is 1. The molecule has 0 aliphatic carbocycles. The van der Waals surface area contributed by atoms with Crippen LogP contribution in [-0.2, 0) is 6.54 Å². The SMILES string of the molecule is CCCN1Cc2cc(C)ccc2OC1SSSC. The van der Waals surface area contributed by atoms with Crippen molar-refractivity contribution in [3.63, 3.8) is 0 Å². The second kappa shape index (κ2) is 6.98. The number of ether oxygens (including phenoxy) is 1. The van der Waals surface area contributed by atoms with Crippen LogP contribution in [0, 0.1) is 6.92 Å². The maximum absolute atomic E-state index is 6.11. The summed E-state index contributed by atoms with van der Waals surface area (Å²) in [5.41, 5.74) is 2.76. The number of fused-ring (bicyclic) bond motifs is 1. The molecule has 0 bridgehead atoms. The summed E-state index contributed by atoms with van der Waals surface area (Å²) in [6, 6.07) is 6.46. The molecule has 2 nitrogen and oxygen atoms in total. The van der Waals surface area contributed by atoms with E-state index >= 15 is 0 Å². The molecule has 1 atom stereocenters. The van der Waals surface area contributed by atoms with Gasteiger partial charge < -0.3 is 4.74 Å². The van der Waals surface area contributed by atoms with E-state index in [2.05, 4.69) is 43.2 Å². The molecule has 1 unspecified atom stereocenters. The lowest BCUT2D eigenvalue weighted by Crippen LogP contribution is -2.40. The number of rotatable bonds is 5. The van der Waals surface area contributed by atoms with Gasteiger partial charge in [-0.1, -0.05) is 35.4 Å². The summed E-state index contributed by atoms with van der Waals surface area (Å²) >= 11 is 0. The lowest BCUT2D eigenvalue weighted by molar-refractivity contribution is 0.0673. The molecule has 1 aromatic rings. The molecule has 0 aromatic heterocycles. The van der Waals surface area contributed by atoms with E-state index in [0.29, 0.717) is 0 Å². The summed E-state index contributed by atoms with van der Waals surface area (Å²) in [5.74, 6) is 1.05. The van der Waals surface area contributed by atoms with Gasteiger partial charge in [0.2, 0.25) is 5.56 Å². The first-order valence-corrected chi connectivity index (χ1v) is 10.1. The van der Waals surface area contributed by atoms with Crippen LogP contribution in [-0.4, -0.2) is 23.3 Å². The molecule has 100 valence electrons. The van der Waals surface area contributed by atoms with Crippen LogP contribution in [0.3, 0.4) is 0 Å². The molecule has 0 N–H and O–H groups in total. The van der Waals surface area contributed by atoms with Crippen LogP contribution in [0.2, 0.25) is 0 Å². The lowest BCUT2D eigenvalue weighted by Gasteiger charge is -2.35. The van der Waals surface area contributed by atoms with Gasteiger partial charge in [-0.3, -0.25) is 4.90 Å². The fourth-order valence-electron chi connectivity index (χ4n) is 2.05. The Kier molecular flexibility index (Phi) is 5.60. The minimum atomic E-state index is 0.137. The van der Waals surface area contributed by atoms with Crippen LogP contribution in [0.15, 0.2) is 18.2 Å². The Morgan fingerprint density at radius 1 is 1.44 bits per heavy atom. The van der Waals surface area contributed by atoms with Gasteiger partial charge in [-0.25, -0.2) is 0 Å². The standard InChI is InChI=1S/C13H19NOS3/c1-4-7-14-9-11-8-10(2)5-6-12(11)15-13(14)17-18-16-3/h5-6,8,13H,4,7,9H2,1-3H3. The van der Waals surface area contributed by atoms with Gasteiger partial charge in [0.25, 0.3) is 0 Å². The third-order valence-electron chi connectivity index (χ3n) is 2.82. The smallest absolute Gasteiger partial charge is 0.211 e. The molecule has 1 heterocycles. The molecule has 1 aliphatic rings. The highest BCUT2D eigenvalue weighted by atomic mass is 33.5. The van der Waals surface area contributed by atoms with Gasteiger partial charge in [0.05, 0.1) is 0 Å². The second-order valence-corrected chi connectivity index (χ2v) is 8.61. The zero-order valence-electron chi connectivity index (χ0n) is 11.0. The van der Waals surface area contributed by atoms with Crippen LogP contribution in [0.1, 0.15) is 24.5 Å². The van der Waals surface area contributed by atoms with Gasteiger partial charge in [0.15, 0.2) is 0 Å². The molecule has 5 heteroatoms. The summed E-state index contributed by atoms with van der Waals surface area (Å²) in [5, 5.41) is 0. The fourth-order valence-corrected chi connectivity index (χ4v) is 4.87. The van der Waals surface area contributed by atoms with Gasteiger partial charge in [-0.2, -0.15) is 0 Å². The molecule has 2 rings (SSSR count). The monoisotopic (exact) mass is 301 g/mol. The highest BCUT2D eigenvalue weighted by molar-refractivity contribution is 9.09. The number of benzene rings is 1. The van der Waals surface area contributed by atoms with E-state index in [-0.39, 0.29) is 5.56 Å². The summed E-state index contributed by atoms with van der Waals surface area (Å²) in [6.07, 6.45) is 3.26. The van der Waals surface area contributed by atoms with Crippen molar-refractivity contribution < 1.29 is 4.74 Å². The van der Waals surface area contributed by atoms with Gasteiger partial charge in [0.1, 0.15) is 5.75 Å². The largest absolute Gasteiger partial charge is 0.465 e. The van der Waals surface area contributed by atoms with Crippen molar-refractivity contribution in [3.8, 4) is 5.75 Å². The molecule has 0 saturated heterocycles. The van der Waals surface area contributed by atoms with Gasteiger partial charge in [-0.05, 0) is 46.3 Å². The third kappa shape index (κ3) is 3.53. The van der Waals surface area contributed by atoms with E-state index in [1.54, 1.807) is 31.4 Å². The second-order valence-electron chi connectivity index (χ2n) is 4.34. The highest BCUT2D eigenvalue weighted by Crippen LogP contribution is 2.41. The predicted octanol–water partition coefficient (Wildman–Crippen LogP) is 4.54. The molecule has 1 aromatic carbocycles. The Morgan fingerprint density at radius 2 is 2.28 bits per heavy atom. The van der Waals surface area contributed by atoms with Crippen LogP contribution in [0.4, 0.5) is 0 Å². The maximum Gasteiger partial charge on any atom is 0.211 e. The molecular weight excluding hydrogens is 282 g/mol.